The van der Waals surface area contributed by atoms with E-state index in [4.69, 9.17) is 4.98 Å². The van der Waals surface area contributed by atoms with Gasteiger partial charge in [0, 0.05) is 58.7 Å². The summed E-state index contributed by atoms with van der Waals surface area (Å²) in [5.74, 6) is 1.07. The standard InChI is InChI=1S/C33H40N6O2/c1-26(40)36(3)39-31-18-11-10-17-30(31)34-33(39)38-21-12-20-37(23-24-38)22-19-29(27-13-6-4-7-14-27)25-35(2)32(41)28-15-8-5-9-16-28/h4-11,13-18,29H,12,19-25H2,1-3H3. The monoisotopic (exact) mass is 552 g/mol. The van der Waals surface area contributed by atoms with Crippen LogP contribution in [0.3, 0.4) is 0 Å². The maximum atomic E-state index is 13.1. The third kappa shape index (κ3) is 6.60. The van der Waals surface area contributed by atoms with E-state index < -0.39 is 0 Å². The van der Waals surface area contributed by atoms with E-state index in [2.05, 4.69) is 34.1 Å². The van der Waals surface area contributed by atoms with Crippen molar-refractivity contribution in [3.8, 4) is 0 Å². The van der Waals surface area contributed by atoms with E-state index in [0.717, 1.165) is 68.1 Å². The topological polar surface area (TPSA) is 64.9 Å². The van der Waals surface area contributed by atoms with Crippen molar-refractivity contribution in [2.75, 3.05) is 63.3 Å². The van der Waals surface area contributed by atoms with Gasteiger partial charge in [-0.25, -0.2) is 14.7 Å². The van der Waals surface area contributed by atoms with E-state index in [1.54, 1.807) is 19.0 Å². The largest absolute Gasteiger partial charge is 0.341 e. The number of para-hydroxylation sites is 2. The predicted molar refractivity (Wildman–Crippen MR) is 165 cm³/mol. The highest BCUT2D eigenvalue weighted by Crippen LogP contribution is 2.25. The van der Waals surface area contributed by atoms with E-state index in [1.807, 2.05) is 77.3 Å². The lowest BCUT2D eigenvalue weighted by Gasteiger charge is -2.28. The zero-order chi connectivity index (χ0) is 28.8. The quantitative estimate of drug-likeness (QED) is 0.304. The van der Waals surface area contributed by atoms with Crippen LogP contribution < -0.4 is 9.91 Å². The van der Waals surface area contributed by atoms with E-state index in [1.165, 1.54) is 5.56 Å². The van der Waals surface area contributed by atoms with Crippen molar-refractivity contribution in [2.24, 2.45) is 0 Å². The Morgan fingerprint density at radius 1 is 0.854 bits per heavy atom. The van der Waals surface area contributed by atoms with Crippen LogP contribution in [0.2, 0.25) is 0 Å². The van der Waals surface area contributed by atoms with Gasteiger partial charge in [0.25, 0.3) is 5.91 Å². The summed E-state index contributed by atoms with van der Waals surface area (Å²) in [5.41, 5.74) is 3.80. The van der Waals surface area contributed by atoms with Crippen molar-refractivity contribution < 1.29 is 9.59 Å². The van der Waals surface area contributed by atoms with Crippen molar-refractivity contribution >= 4 is 28.8 Å². The number of imidazole rings is 1. The van der Waals surface area contributed by atoms with Gasteiger partial charge < -0.3 is 14.7 Å². The third-order valence-electron chi connectivity index (χ3n) is 8.07. The lowest BCUT2D eigenvalue weighted by molar-refractivity contribution is -0.117. The second-order valence-electron chi connectivity index (χ2n) is 10.9. The SMILES string of the molecule is CC(=O)N(C)n1c(N2CCCN(CCC(CN(C)C(=O)c3ccccc3)c3ccccc3)CC2)nc2ccccc21. The maximum absolute atomic E-state index is 13.1. The first-order chi connectivity index (χ1) is 19.9. The molecular weight excluding hydrogens is 512 g/mol. The molecule has 1 fully saturated rings. The van der Waals surface area contributed by atoms with Crippen LogP contribution in [0.5, 0.6) is 0 Å². The lowest BCUT2D eigenvalue weighted by Crippen LogP contribution is -2.39. The van der Waals surface area contributed by atoms with Crippen LogP contribution >= 0.6 is 0 Å². The van der Waals surface area contributed by atoms with Crippen molar-refractivity contribution in [3.63, 3.8) is 0 Å². The molecule has 1 aliphatic rings. The highest BCUT2D eigenvalue weighted by Gasteiger charge is 2.25. The number of amides is 2. The van der Waals surface area contributed by atoms with E-state index in [-0.39, 0.29) is 17.7 Å². The maximum Gasteiger partial charge on any atom is 0.253 e. The van der Waals surface area contributed by atoms with Crippen LogP contribution in [-0.4, -0.2) is 84.6 Å². The lowest BCUT2D eigenvalue weighted by atomic mass is 9.94. The second-order valence-corrected chi connectivity index (χ2v) is 10.9. The van der Waals surface area contributed by atoms with Gasteiger partial charge in [-0.1, -0.05) is 60.7 Å². The Bertz CT molecular complexity index is 1450. The Balaban J connectivity index is 1.27. The van der Waals surface area contributed by atoms with Crippen LogP contribution in [0.4, 0.5) is 5.95 Å². The molecule has 2 amide bonds. The van der Waals surface area contributed by atoms with Crippen molar-refractivity contribution in [1.82, 2.24) is 19.5 Å². The summed E-state index contributed by atoms with van der Waals surface area (Å²) >= 11 is 0. The molecule has 1 saturated heterocycles. The van der Waals surface area contributed by atoms with E-state index >= 15 is 0 Å². The first-order valence-electron chi connectivity index (χ1n) is 14.5. The Hall–Kier alpha value is -4.17. The van der Waals surface area contributed by atoms with Crippen LogP contribution in [0.1, 0.15) is 41.6 Å². The summed E-state index contributed by atoms with van der Waals surface area (Å²) in [5, 5.41) is 1.64. The molecule has 8 heteroatoms. The predicted octanol–water partition coefficient (Wildman–Crippen LogP) is 4.61. The van der Waals surface area contributed by atoms with Gasteiger partial charge in [-0.3, -0.25) is 9.59 Å². The number of benzene rings is 3. The molecular formula is C33H40N6O2. The highest BCUT2D eigenvalue weighted by molar-refractivity contribution is 5.94. The molecule has 214 valence electrons. The summed E-state index contributed by atoms with van der Waals surface area (Å²) in [6.07, 6.45) is 1.97. The van der Waals surface area contributed by atoms with Crippen molar-refractivity contribution in [1.29, 1.82) is 0 Å². The van der Waals surface area contributed by atoms with Gasteiger partial charge in [0.1, 0.15) is 0 Å². The molecule has 0 bridgehead atoms. The number of anilines is 1. The molecule has 1 unspecified atom stereocenters. The van der Waals surface area contributed by atoms with Crippen molar-refractivity contribution in [3.05, 3.63) is 96.1 Å². The number of hydrogen-bond donors (Lipinski definition) is 0. The summed E-state index contributed by atoms with van der Waals surface area (Å²) < 4.78 is 1.94. The molecule has 0 saturated carbocycles. The van der Waals surface area contributed by atoms with Gasteiger partial charge >= 0.3 is 0 Å². The van der Waals surface area contributed by atoms with Crippen LogP contribution in [0.15, 0.2) is 84.9 Å². The molecule has 5 rings (SSSR count). The summed E-state index contributed by atoms with van der Waals surface area (Å²) in [7, 11) is 3.70. The first-order valence-corrected chi connectivity index (χ1v) is 14.5. The number of aromatic nitrogens is 2. The van der Waals surface area contributed by atoms with Gasteiger partial charge in [0.05, 0.1) is 11.0 Å². The van der Waals surface area contributed by atoms with Gasteiger partial charge in [-0.2, -0.15) is 0 Å². The number of carbonyl (C=O) groups is 2. The van der Waals surface area contributed by atoms with Gasteiger partial charge in [0.2, 0.25) is 11.9 Å². The molecule has 0 aliphatic carbocycles. The summed E-state index contributed by atoms with van der Waals surface area (Å²) in [6, 6.07) is 28.0. The smallest absolute Gasteiger partial charge is 0.253 e. The fourth-order valence-corrected chi connectivity index (χ4v) is 5.68. The Kier molecular flexibility index (Phi) is 8.99. The van der Waals surface area contributed by atoms with Gasteiger partial charge in [-0.15, -0.1) is 0 Å². The van der Waals surface area contributed by atoms with E-state index in [9.17, 15) is 9.59 Å². The number of likely N-dealkylation sites (N-methyl/N-ethyl adjacent to an activating group) is 1. The number of rotatable bonds is 9. The zero-order valence-electron chi connectivity index (χ0n) is 24.3. The van der Waals surface area contributed by atoms with Crippen molar-refractivity contribution in [2.45, 2.75) is 25.7 Å². The highest BCUT2D eigenvalue weighted by atomic mass is 16.2. The number of nitrogens with zero attached hydrogens (tertiary/aromatic N) is 6. The molecule has 8 nitrogen and oxygen atoms in total. The first kappa shape index (κ1) is 28.4. The molecule has 4 aromatic rings. The molecule has 0 N–H and O–H groups in total. The zero-order valence-corrected chi connectivity index (χ0v) is 24.3. The average Bonchev–Trinajstić information content (AvgIpc) is 3.23. The molecule has 41 heavy (non-hydrogen) atoms. The summed E-state index contributed by atoms with van der Waals surface area (Å²) in [4.78, 5) is 37.0. The number of hydrogen-bond acceptors (Lipinski definition) is 5. The second kappa shape index (κ2) is 13.0. The third-order valence-corrected chi connectivity index (χ3v) is 8.07. The minimum Gasteiger partial charge on any atom is -0.341 e. The Labute approximate surface area is 242 Å². The molecule has 1 atom stereocenters. The minimum absolute atomic E-state index is 0.0338. The van der Waals surface area contributed by atoms with E-state index in [0.29, 0.717) is 6.54 Å². The number of fused-ring (bicyclic) bond motifs is 1. The Morgan fingerprint density at radius 2 is 1.54 bits per heavy atom. The molecule has 0 spiro atoms. The van der Waals surface area contributed by atoms with Crippen LogP contribution in [0.25, 0.3) is 11.0 Å². The molecule has 0 radical (unpaired) electrons. The fraction of sp³-hybridized carbons (Fsp3) is 0.364. The van der Waals surface area contributed by atoms with Crippen LogP contribution in [-0.2, 0) is 4.79 Å². The molecule has 3 aromatic carbocycles. The normalized spacial score (nSPS) is 15.0. The minimum atomic E-state index is -0.0338. The van der Waals surface area contributed by atoms with Gasteiger partial charge in [-0.05, 0) is 55.8 Å². The van der Waals surface area contributed by atoms with Crippen LogP contribution in [0, 0.1) is 0 Å². The van der Waals surface area contributed by atoms with Gasteiger partial charge in [0.15, 0.2) is 0 Å². The Morgan fingerprint density at radius 3 is 2.27 bits per heavy atom. The molecule has 1 aromatic heterocycles. The summed E-state index contributed by atoms with van der Waals surface area (Å²) in [6.45, 7) is 6.81. The fourth-order valence-electron chi connectivity index (χ4n) is 5.68. The number of carbonyl (C=O) groups excluding carboxylic acids is 2. The molecule has 2 heterocycles. The molecule has 1 aliphatic heterocycles. The average molecular weight is 553 g/mol.